The molecule has 0 bridgehead atoms. The van der Waals surface area contributed by atoms with Crippen LogP contribution in [0.2, 0.25) is 0 Å². The molecule has 2 aromatic rings. The normalized spacial score (nSPS) is 16.1. The Labute approximate surface area is 209 Å². The predicted molar refractivity (Wildman–Crippen MR) is 129 cm³/mol. The average molecular weight is 509 g/mol. The molecule has 1 aliphatic carbocycles. The first-order valence-electron chi connectivity index (χ1n) is 12.1. The SMILES string of the molecule is CC(C)C(N)=O.C[C@H](N)c1oc(-c2ccc(OC(F)F)c(OCC3CC3)c2)nc1C(=O)N1CCCC1. The summed E-state index contributed by atoms with van der Waals surface area (Å²) in [5, 5.41) is 0. The molecule has 2 heterocycles. The summed E-state index contributed by atoms with van der Waals surface area (Å²) in [6.45, 7) is 4.07. The van der Waals surface area contributed by atoms with E-state index in [2.05, 4.69) is 9.72 Å². The molecule has 198 valence electrons. The van der Waals surface area contributed by atoms with Crippen molar-refractivity contribution in [3.63, 3.8) is 0 Å². The molecular formula is C25H34F2N4O5. The number of halogens is 2. The molecule has 1 atom stereocenters. The van der Waals surface area contributed by atoms with Gasteiger partial charge in [-0.1, -0.05) is 13.8 Å². The Bertz CT molecular complexity index is 1050. The zero-order valence-corrected chi connectivity index (χ0v) is 20.8. The Morgan fingerprint density at radius 3 is 2.33 bits per heavy atom. The average Bonchev–Trinajstić information content (AvgIpc) is 3.30. The highest BCUT2D eigenvalue weighted by atomic mass is 19.3. The molecule has 2 aliphatic rings. The van der Waals surface area contributed by atoms with E-state index in [1.807, 2.05) is 0 Å². The summed E-state index contributed by atoms with van der Waals surface area (Å²) in [7, 11) is 0. The van der Waals surface area contributed by atoms with Crippen LogP contribution in [0.1, 0.15) is 68.7 Å². The first-order chi connectivity index (χ1) is 17.1. The van der Waals surface area contributed by atoms with Crippen LogP contribution in [0.25, 0.3) is 11.5 Å². The number of carbonyl (C=O) groups excluding carboxylic acids is 2. The molecule has 0 unspecified atom stereocenters. The zero-order valence-electron chi connectivity index (χ0n) is 20.8. The van der Waals surface area contributed by atoms with E-state index in [9.17, 15) is 18.4 Å². The molecule has 2 fully saturated rings. The lowest BCUT2D eigenvalue weighted by Gasteiger charge is -2.14. The van der Waals surface area contributed by atoms with E-state index in [0.717, 1.165) is 25.7 Å². The monoisotopic (exact) mass is 508 g/mol. The largest absolute Gasteiger partial charge is 0.489 e. The van der Waals surface area contributed by atoms with Crippen molar-refractivity contribution in [2.45, 2.75) is 59.1 Å². The smallest absolute Gasteiger partial charge is 0.387 e. The number of alkyl halides is 2. The quantitative estimate of drug-likeness (QED) is 0.520. The van der Waals surface area contributed by atoms with Gasteiger partial charge in [0.25, 0.3) is 5.91 Å². The van der Waals surface area contributed by atoms with E-state index in [4.69, 9.17) is 20.6 Å². The highest BCUT2D eigenvalue weighted by Gasteiger charge is 2.29. The lowest BCUT2D eigenvalue weighted by Crippen LogP contribution is -2.29. The Morgan fingerprint density at radius 1 is 1.17 bits per heavy atom. The number of nitrogens with two attached hydrogens (primary N) is 2. The van der Waals surface area contributed by atoms with Crippen LogP contribution >= 0.6 is 0 Å². The van der Waals surface area contributed by atoms with Crippen LogP contribution in [-0.2, 0) is 4.79 Å². The van der Waals surface area contributed by atoms with Gasteiger partial charge in [0.1, 0.15) is 0 Å². The molecule has 4 rings (SSSR count). The molecule has 1 aromatic carbocycles. The predicted octanol–water partition coefficient (Wildman–Crippen LogP) is 4.12. The Kier molecular flexibility index (Phi) is 9.25. The molecule has 0 spiro atoms. The second-order valence-corrected chi connectivity index (χ2v) is 9.37. The third-order valence-corrected chi connectivity index (χ3v) is 5.81. The number of amides is 2. The molecule has 36 heavy (non-hydrogen) atoms. The van der Waals surface area contributed by atoms with Crippen molar-refractivity contribution in [1.82, 2.24) is 9.88 Å². The number of hydrogen-bond donors (Lipinski definition) is 2. The van der Waals surface area contributed by atoms with Gasteiger partial charge in [0, 0.05) is 24.6 Å². The Hall–Kier alpha value is -3.21. The van der Waals surface area contributed by atoms with Gasteiger partial charge < -0.3 is 30.3 Å². The second-order valence-electron chi connectivity index (χ2n) is 9.37. The molecule has 1 saturated carbocycles. The van der Waals surface area contributed by atoms with Crippen molar-refractivity contribution in [3.05, 3.63) is 29.7 Å². The third-order valence-electron chi connectivity index (χ3n) is 5.81. The number of rotatable bonds is 9. The van der Waals surface area contributed by atoms with Gasteiger partial charge in [0.05, 0.1) is 12.6 Å². The minimum atomic E-state index is -2.96. The number of primary amides is 1. The van der Waals surface area contributed by atoms with Crippen LogP contribution in [0.5, 0.6) is 11.5 Å². The number of nitrogens with zero attached hydrogens (tertiary/aromatic N) is 2. The Balaban J connectivity index is 0.000000538. The fourth-order valence-corrected chi connectivity index (χ4v) is 3.43. The Morgan fingerprint density at radius 2 is 1.81 bits per heavy atom. The number of hydrogen-bond acceptors (Lipinski definition) is 7. The highest BCUT2D eigenvalue weighted by molar-refractivity contribution is 5.94. The maximum Gasteiger partial charge on any atom is 0.387 e. The van der Waals surface area contributed by atoms with Crippen molar-refractivity contribution in [2.24, 2.45) is 23.3 Å². The lowest BCUT2D eigenvalue weighted by atomic mass is 10.2. The van der Waals surface area contributed by atoms with Crippen LogP contribution in [0.3, 0.4) is 0 Å². The van der Waals surface area contributed by atoms with Crippen LogP contribution in [0.15, 0.2) is 22.6 Å². The van der Waals surface area contributed by atoms with E-state index in [0.29, 0.717) is 36.9 Å². The van der Waals surface area contributed by atoms with Crippen molar-refractivity contribution in [3.8, 4) is 23.0 Å². The maximum atomic E-state index is 12.9. The van der Waals surface area contributed by atoms with Gasteiger partial charge in [-0.25, -0.2) is 4.98 Å². The second kappa shape index (κ2) is 12.2. The molecule has 11 heteroatoms. The van der Waals surface area contributed by atoms with Gasteiger partial charge in [-0.3, -0.25) is 9.59 Å². The molecular weight excluding hydrogens is 474 g/mol. The third kappa shape index (κ3) is 7.39. The van der Waals surface area contributed by atoms with Crippen molar-refractivity contribution in [2.75, 3.05) is 19.7 Å². The highest BCUT2D eigenvalue weighted by Crippen LogP contribution is 2.37. The minimum absolute atomic E-state index is 0.00926. The lowest BCUT2D eigenvalue weighted by molar-refractivity contribution is -0.120. The first-order valence-corrected chi connectivity index (χ1v) is 12.1. The molecule has 1 aliphatic heterocycles. The van der Waals surface area contributed by atoms with E-state index >= 15 is 0 Å². The topological polar surface area (TPSA) is 134 Å². The summed E-state index contributed by atoms with van der Waals surface area (Å²) in [5.41, 5.74) is 11.5. The van der Waals surface area contributed by atoms with Crippen LogP contribution < -0.4 is 20.9 Å². The van der Waals surface area contributed by atoms with Crippen molar-refractivity contribution < 1.29 is 32.3 Å². The fraction of sp³-hybridized carbons (Fsp3) is 0.560. The van der Waals surface area contributed by atoms with Crippen molar-refractivity contribution in [1.29, 1.82) is 0 Å². The molecule has 2 amide bonds. The molecule has 9 nitrogen and oxygen atoms in total. The molecule has 1 saturated heterocycles. The number of aromatic nitrogens is 1. The fourth-order valence-electron chi connectivity index (χ4n) is 3.43. The number of likely N-dealkylation sites (tertiary alicyclic amines) is 1. The number of ether oxygens (including phenoxy) is 2. The van der Waals surface area contributed by atoms with E-state index < -0.39 is 12.7 Å². The van der Waals surface area contributed by atoms with Gasteiger partial charge in [-0.05, 0) is 56.7 Å². The number of carbonyl (C=O) groups is 2. The van der Waals surface area contributed by atoms with Crippen molar-refractivity contribution >= 4 is 11.8 Å². The van der Waals surface area contributed by atoms with Crippen LogP contribution in [-0.4, -0.2) is 48.0 Å². The zero-order chi connectivity index (χ0) is 26.4. The number of oxazole rings is 1. The van der Waals surface area contributed by atoms with E-state index in [1.54, 1.807) is 37.8 Å². The van der Waals surface area contributed by atoms with Gasteiger partial charge >= 0.3 is 6.61 Å². The van der Waals surface area contributed by atoms with E-state index in [-0.39, 0.29) is 40.8 Å². The molecule has 1 aromatic heterocycles. The van der Waals surface area contributed by atoms with Crippen LogP contribution in [0.4, 0.5) is 8.78 Å². The summed E-state index contributed by atoms with van der Waals surface area (Å²) >= 11 is 0. The molecule has 4 N–H and O–H groups in total. The summed E-state index contributed by atoms with van der Waals surface area (Å²) in [5.74, 6) is 0.594. The van der Waals surface area contributed by atoms with Gasteiger partial charge in [-0.2, -0.15) is 8.78 Å². The van der Waals surface area contributed by atoms with Crippen LogP contribution in [0, 0.1) is 11.8 Å². The standard InChI is InChI=1S/C21H25F2N3O4.C4H9NO/c1-12(24)18-17(20(27)26-8-2-3-9-26)25-19(30-18)14-6-7-15(29-21(22)23)16(10-14)28-11-13-4-5-13;1-3(2)4(5)6/h6-7,10,12-13,21H,2-5,8-9,11,24H2,1H3;3H,1-2H3,(H2,5,6)/t12-;/m0./s1. The summed E-state index contributed by atoms with van der Waals surface area (Å²) in [6.07, 6.45) is 4.03. The van der Waals surface area contributed by atoms with E-state index in [1.165, 1.54) is 6.07 Å². The summed E-state index contributed by atoms with van der Waals surface area (Å²) < 4.78 is 41.6. The van der Waals surface area contributed by atoms with Gasteiger partial charge in [-0.15, -0.1) is 0 Å². The number of benzene rings is 1. The van der Waals surface area contributed by atoms with Gasteiger partial charge in [0.2, 0.25) is 11.8 Å². The summed E-state index contributed by atoms with van der Waals surface area (Å²) in [4.78, 5) is 28.9. The maximum absolute atomic E-state index is 12.9. The van der Waals surface area contributed by atoms with Gasteiger partial charge in [0.15, 0.2) is 23.0 Å². The molecule has 0 radical (unpaired) electrons. The summed E-state index contributed by atoms with van der Waals surface area (Å²) in [6, 6.07) is 3.95. The minimum Gasteiger partial charge on any atom is -0.489 e. The first kappa shape index (κ1) is 27.4.